The molecule has 0 atom stereocenters. The molecule has 14 heavy (non-hydrogen) atoms. The molecule has 1 aromatic rings. The van der Waals surface area contributed by atoms with Crippen LogP contribution in [-0.4, -0.2) is 4.98 Å². The van der Waals surface area contributed by atoms with Crippen molar-refractivity contribution >= 4 is 34.2 Å². The maximum atomic E-state index is 3.51. The molecular weight excluding hydrogens is 238 g/mol. The molecule has 0 spiro atoms. The molecule has 0 unspecified atom stereocenters. The van der Waals surface area contributed by atoms with Crippen molar-refractivity contribution in [3.8, 4) is 0 Å². The highest BCUT2D eigenvalue weighted by Crippen LogP contribution is 2.16. The molecule has 70 valence electrons. The van der Waals surface area contributed by atoms with Crippen molar-refractivity contribution in [2.75, 3.05) is 0 Å². The molecule has 1 nitrogen and oxygen atoms in total. The van der Waals surface area contributed by atoms with E-state index in [1.807, 2.05) is 0 Å². The van der Waals surface area contributed by atoms with Crippen molar-refractivity contribution < 1.29 is 0 Å². The summed E-state index contributed by atoms with van der Waals surface area (Å²) in [7, 11) is 0. The van der Waals surface area contributed by atoms with Crippen LogP contribution < -0.4 is 10.7 Å². The van der Waals surface area contributed by atoms with Crippen molar-refractivity contribution in [1.29, 1.82) is 0 Å². The van der Waals surface area contributed by atoms with Gasteiger partial charge in [0, 0.05) is 20.7 Å². The van der Waals surface area contributed by atoms with Crippen LogP contribution in [0.4, 0.5) is 0 Å². The first-order valence-electron chi connectivity index (χ1n) is 4.79. The third-order valence-electron chi connectivity index (χ3n) is 2.74. The monoisotopic (exact) mass is 247 g/mol. The predicted molar refractivity (Wildman–Crippen MR) is 63.3 cm³/mol. The summed E-state index contributed by atoms with van der Waals surface area (Å²) < 4.78 is 1.17. The van der Waals surface area contributed by atoms with E-state index < -0.39 is 0 Å². The number of halogens is 1. The molecule has 0 radical (unpaired) electrons. The molecule has 1 aromatic heterocycles. The number of aromatic nitrogens is 1. The summed E-state index contributed by atoms with van der Waals surface area (Å²) in [6, 6.07) is 0. The summed E-state index contributed by atoms with van der Waals surface area (Å²) >= 11 is 3.51. The van der Waals surface area contributed by atoms with E-state index in [-0.39, 0.29) is 0 Å². The molecule has 2 aliphatic rings. The van der Waals surface area contributed by atoms with Gasteiger partial charge in [-0.25, -0.2) is 0 Å². The summed E-state index contributed by atoms with van der Waals surface area (Å²) in [5, 5.41) is 2.54. The molecule has 0 saturated carbocycles. The lowest BCUT2D eigenvalue weighted by atomic mass is 10.0. The van der Waals surface area contributed by atoms with E-state index in [1.54, 1.807) is 0 Å². The Kier molecular flexibility index (Phi) is 1.77. The van der Waals surface area contributed by atoms with Crippen LogP contribution in [0.2, 0.25) is 0 Å². The van der Waals surface area contributed by atoms with Crippen molar-refractivity contribution in [3.05, 3.63) is 38.5 Å². The second-order valence-corrected chi connectivity index (χ2v) is 4.54. The Balaban J connectivity index is 2.37. The van der Waals surface area contributed by atoms with Gasteiger partial charge in [0.25, 0.3) is 0 Å². The maximum Gasteiger partial charge on any atom is 0.0438 e. The summed E-state index contributed by atoms with van der Waals surface area (Å²) in [6.07, 6.45) is 13.1. The van der Waals surface area contributed by atoms with E-state index in [1.165, 1.54) is 26.3 Å². The standard InChI is InChI=1S/C12H10BrN/c13-8-5-6-10-9-3-1-2-4-11(9)14-12(10)7-8/h1,3-5,7,14H,2,6H2. The fraction of sp³-hybridized carbons (Fsp3) is 0.167. The maximum absolute atomic E-state index is 3.51. The third kappa shape index (κ3) is 1.14. The summed E-state index contributed by atoms with van der Waals surface area (Å²) in [5.41, 5.74) is 2.80. The van der Waals surface area contributed by atoms with Gasteiger partial charge in [-0.1, -0.05) is 40.2 Å². The molecule has 1 heterocycles. The smallest absolute Gasteiger partial charge is 0.0438 e. The van der Waals surface area contributed by atoms with Gasteiger partial charge in [-0.05, 0) is 24.5 Å². The first-order valence-corrected chi connectivity index (χ1v) is 5.59. The Morgan fingerprint density at radius 1 is 1.21 bits per heavy atom. The van der Waals surface area contributed by atoms with E-state index in [4.69, 9.17) is 0 Å². The van der Waals surface area contributed by atoms with E-state index in [9.17, 15) is 0 Å². The van der Waals surface area contributed by atoms with E-state index in [2.05, 4.69) is 51.3 Å². The van der Waals surface area contributed by atoms with Crippen LogP contribution in [0.5, 0.6) is 0 Å². The summed E-state index contributed by atoms with van der Waals surface area (Å²) in [5.74, 6) is 0. The van der Waals surface area contributed by atoms with Crippen LogP contribution in [0.3, 0.4) is 0 Å². The lowest BCUT2D eigenvalue weighted by Gasteiger charge is -2.03. The van der Waals surface area contributed by atoms with Crippen LogP contribution in [0.25, 0.3) is 18.2 Å². The fourth-order valence-electron chi connectivity index (χ4n) is 2.06. The first-order chi connectivity index (χ1) is 6.84. The number of allylic oxidation sites excluding steroid dienone is 3. The molecule has 0 aliphatic heterocycles. The number of fused-ring (bicyclic) bond motifs is 3. The Labute approximate surface area is 90.7 Å². The number of hydrogen-bond acceptors (Lipinski definition) is 0. The minimum absolute atomic E-state index is 1.02. The quantitative estimate of drug-likeness (QED) is 0.721. The fourth-order valence-corrected chi connectivity index (χ4v) is 2.45. The summed E-state index contributed by atoms with van der Waals surface area (Å²) in [6.45, 7) is 0. The van der Waals surface area contributed by atoms with Gasteiger partial charge >= 0.3 is 0 Å². The summed E-state index contributed by atoms with van der Waals surface area (Å²) in [4.78, 5) is 3.45. The molecule has 1 N–H and O–H groups in total. The minimum Gasteiger partial charge on any atom is -0.355 e. The van der Waals surface area contributed by atoms with Crippen LogP contribution in [0, 0.1) is 0 Å². The Morgan fingerprint density at radius 3 is 3.07 bits per heavy atom. The molecule has 0 amide bonds. The zero-order chi connectivity index (χ0) is 9.54. The molecule has 0 saturated heterocycles. The molecule has 2 aliphatic carbocycles. The normalized spacial score (nSPS) is 17.6. The second kappa shape index (κ2) is 2.99. The zero-order valence-corrected chi connectivity index (χ0v) is 9.26. The van der Waals surface area contributed by atoms with Crippen LogP contribution in [0.15, 0.2) is 16.6 Å². The van der Waals surface area contributed by atoms with Crippen molar-refractivity contribution in [2.24, 2.45) is 0 Å². The van der Waals surface area contributed by atoms with Gasteiger partial charge in [-0.15, -0.1) is 0 Å². The number of H-pyrrole nitrogens is 1. The number of aromatic amines is 1. The van der Waals surface area contributed by atoms with Gasteiger partial charge in [-0.3, -0.25) is 0 Å². The SMILES string of the molecule is BrC1=CCc2c3c([nH]c2=C1)=CCC=C3. The molecule has 3 rings (SSSR count). The number of rotatable bonds is 0. The highest BCUT2D eigenvalue weighted by atomic mass is 79.9. The zero-order valence-electron chi connectivity index (χ0n) is 7.68. The lowest BCUT2D eigenvalue weighted by Crippen LogP contribution is -2.13. The van der Waals surface area contributed by atoms with E-state index in [0.717, 1.165) is 12.8 Å². The second-order valence-electron chi connectivity index (χ2n) is 3.62. The molecule has 0 aromatic carbocycles. The van der Waals surface area contributed by atoms with Crippen LogP contribution in [-0.2, 0) is 6.42 Å². The average Bonchev–Trinajstić information content (AvgIpc) is 2.54. The molecule has 0 fully saturated rings. The largest absolute Gasteiger partial charge is 0.355 e. The number of hydrogen-bond donors (Lipinski definition) is 1. The van der Waals surface area contributed by atoms with Crippen LogP contribution in [0.1, 0.15) is 17.5 Å². The Hall–Kier alpha value is -1.02. The van der Waals surface area contributed by atoms with Crippen molar-refractivity contribution in [2.45, 2.75) is 12.8 Å². The molecule has 0 bridgehead atoms. The van der Waals surface area contributed by atoms with Gasteiger partial charge in [0.05, 0.1) is 0 Å². The lowest BCUT2D eigenvalue weighted by molar-refractivity contribution is 1.18. The van der Waals surface area contributed by atoms with Gasteiger partial charge in [-0.2, -0.15) is 0 Å². The number of nitrogens with one attached hydrogen (secondary N) is 1. The molecular formula is C12H10BrN. The minimum atomic E-state index is 1.02. The third-order valence-corrected chi connectivity index (χ3v) is 3.29. The van der Waals surface area contributed by atoms with E-state index in [0.29, 0.717) is 0 Å². The molecule has 2 heteroatoms. The Bertz CT molecular complexity index is 558. The van der Waals surface area contributed by atoms with Crippen LogP contribution >= 0.6 is 15.9 Å². The first kappa shape index (κ1) is 8.30. The van der Waals surface area contributed by atoms with Gasteiger partial charge < -0.3 is 4.98 Å². The van der Waals surface area contributed by atoms with Gasteiger partial charge in [0.2, 0.25) is 0 Å². The van der Waals surface area contributed by atoms with Crippen molar-refractivity contribution in [3.63, 3.8) is 0 Å². The Morgan fingerprint density at radius 2 is 2.14 bits per heavy atom. The predicted octanol–water partition coefficient (Wildman–Crippen LogP) is 1.83. The van der Waals surface area contributed by atoms with Crippen molar-refractivity contribution in [1.82, 2.24) is 4.98 Å². The highest BCUT2D eigenvalue weighted by molar-refractivity contribution is 9.12. The highest BCUT2D eigenvalue weighted by Gasteiger charge is 2.10. The van der Waals surface area contributed by atoms with Gasteiger partial charge in [0.15, 0.2) is 0 Å². The average molecular weight is 248 g/mol. The topological polar surface area (TPSA) is 15.8 Å². The van der Waals surface area contributed by atoms with E-state index >= 15 is 0 Å². The van der Waals surface area contributed by atoms with Gasteiger partial charge in [0.1, 0.15) is 0 Å².